The summed E-state index contributed by atoms with van der Waals surface area (Å²) in [6.45, 7) is 3.45. The van der Waals surface area contributed by atoms with Crippen molar-refractivity contribution >= 4 is 40.7 Å². The summed E-state index contributed by atoms with van der Waals surface area (Å²) in [4.78, 5) is 34.7. The average molecular weight is 336 g/mol. The van der Waals surface area contributed by atoms with Gasteiger partial charge in [-0.1, -0.05) is 32.0 Å². The van der Waals surface area contributed by atoms with Crippen molar-refractivity contribution in [2.24, 2.45) is 5.92 Å². The third kappa shape index (κ3) is 7.91. The van der Waals surface area contributed by atoms with E-state index >= 15 is 0 Å². The van der Waals surface area contributed by atoms with E-state index in [2.05, 4.69) is 21.5 Å². The standard InChI is InChI=1S/C15H20N4O3S/c1-10(2)14(22)17-15(23)19-18-13(21)9-8-12(20)16-11-6-4-3-5-7-11/h3-7,10H,8-9H2,1-2H3,(H,16,20)(H,18,21)(H2,17,19,22,23). The smallest absolute Gasteiger partial charge is 0.238 e. The molecule has 0 heterocycles. The van der Waals surface area contributed by atoms with Crippen LogP contribution in [0.2, 0.25) is 0 Å². The molecule has 0 fully saturated rings. The largest absolute Gasteiger partial charge is 0.326 e. The van der Waals surface area contributed by atoms with Crippen molar-refractivity contribution in [3.05, 3.63) is 30.3 Å². The first kappa shape index (κ1) is 18.6. The molecule has 4 N–H and O–H groups in total. The fourth-order valence-corrected chi connectivity index (χ4v) is 1.60. The lowest BCUT2D eigenvalue weighted by Crippen LogP contribution is -2.49. The molecular formula is C15H20N4O3S. The zero-order chi connectivity index (χ0) is 17.2. The van der Waals surface area contributed by atoms with Crippen LogP contribution in [0, 0.1) is 5.92 Å². The number of rotatable bonds is 5. The van der Waals surface area contributed by atoms with Gasteiger partial charge in [0.05, 0.1) is 0 Å². The van der Waals surface area contributed by atoms with Gasteiger partial charge in [0, 0.05) is 24.4 Å². The Kier molecular flexibility index (Phi) is 7.69. The maximum Gasteiger partial charge on any atom is 0.238 e. The number of carbonyl (C=O) groups excluding carboxylic acids is 3. The number of amides is 3. The number of anilines is 1. The fraction of sp³-hybridized carbons (Fsp3) is 0.333. The van der Waals surface area contributed by atoms with E-state index in [1.807, 2.05) is 6.07 Å². The zero-order valence-electron chi connectivity index (χ0n) is 13.0. The van der Waals surface area contributed by atoms with Gasteiger partial charge in [-0.3, -0.25) is 25.2 Å². The second-order valence-electron chi connectivity index (χ2n) is 5.06. The quantitative estimate of drug-likeness (QED) is 0.476. The summed E-state index contributed by atoms with van der Waals surface area (Å²) in [7, 11) is 0. The van der Waals surface area contributed by atoms with E-state index in [9.17, 15) is 14.4 Å². The van der Waals surface area contributed by atoms with E-state index in [0.29, 0.717) is 5.69 Å². The summed E-state index contributed by atoms with van der Waals surface area (Å²) in [6, 6.07) is 8.97. The zero-order valence-corrected chi connectivity index (χ0v) is 13.8. The Hall–Kier alpha value is -2.48. The predicted molar refractivity (Wildman–Crippen MR) is 91.2 cm³/mol. The van der Waals surface area contributed by atoms with E-state index in [-0.39, 0.29) is 35.7 Å². The second-order valence-corrected chi connectivity index (χ2v) is 5.47. The Balaban J connectivity index is 2.22. The number of nitrogens with one attached hydrogen (secondary N) is 4. The van der Waals surface area contributed by atoms with E-state index in [1.54, 1.807) is 38.1 Å². The van der Waals surface area contributed by atoms with Gasteiger partial charge in [-0.25, -0.2) is 0 Å². The topological polar surface area (TPSA) is 99.3 Å². The molecular weight excluding hydrogens is 316 g/mol. The molecule has 0 unspecified atom stereocenters. The number of thiocarbonyl (C=S) groups is 1. The van der Waals surface area contributed by atoms with E-state index in [0.717, 1.165) is 0 Å². The maximum atomic E-state index is 11.7. The van der Waals surface area contributed by atoms with Crippen molar-refractivity contribution in [2.45, 2.75) is 26.7 Å². The minimum atomic E-state index is -0.408. The highest BCUT2D eigenvalue weighted by Gasteiger charge is 2.10. The molecule has 1 rings (SSSR count). The number of hydrogen-bond donors (Lipinski definition) is 4. The summed E-state index contributed by atoms with van der Waals surface area (Å²) in [6.07, 6.45) is 0.0277. The summed E-state index contributed by atoms with van der Waals surface area (Å²) < 4.78 is 0. The van der Waals surface area contributed by atoms with E-state index in [4.69, 9.17) is 12.2 Å². The van der Waals surface area contributed by atoms with Gasteiger partial charge in [-0.2, -0.15) is 0 Å². The van der Waals surface area contributed by atoms with E-state index < -0.39 is 5.91 Å². The summed E-state index contributed by atoms with van der Waals surface area (Å²) in [5, 5.41) is 5.10. The van der Waals surface area contributed by atoms with Crippen LogP contribution >= 0.6 is 12.2 Å². The molecule has 1 aromatic carbocycles. The van der Waals surface area contributed by atoms with Crippen molar-refractivity contribution in [3.8, 4) is 0 Å². The number of carbonyl (C=O) groups is 3. The average Bonchev–Trinajstić information content (AvgIpc) is 2.51. The Morgan fingerprint density at radius 2 is 1.61 bits per heavy atom. The Morgan fingerprint density at radius 1 is 1.00 bits per heavy atom. The molecule has 3 amide bonds. The van der Waals surface area contributed by atoms with Gasteiger partial charge in [0.25, 0.3) is 0 Å². The van der Waals surface area contributed by atoms with Crippen LogP contribution in [-0.4, -0.2) is 22.8 Å². The normalized spacial score (nSPS) is 9.87. The molecule has 0 radical (unpaired) electrons. The maximum absolute atomic E-state index is 11.7. The van der Waals surface area contributed by atoms with Gasteiger partial charge in [-0.15, -0.1) is 0 Å². The summed E-state index contributed by atoms with van der Waals surface area (Å²) in [5.74, 6) is -1.14. The van der Waals surface area contributed by atoms with Crippen molar-refractivity contribution in [1.29, 1.82) is 0 Å². The van der Waals surface area contributed by atoms with Gasteiger partial charge in [0.15, 0.2) is 5.11 Å². The molecule has 0 atom stereocenters. The van der Waals surface area contributed by atoms with Crippen molar-refractivity contribution < 1.29 is 14.4 Å². The molecule has 0 spiro atoms. The molecule has 124 valence electrons. The first-order valence-corrected chi connectivity index (χ1v) is 7.54. The van der Waals surface area contributed by atoms with Crippen LogP contribution in [0.3, 0.4) is 0 Å². The van der Waals surface area contributed by atoms with Crippen molar-refractivity contribution in [2.75, 3.05) is 5.32 Å². The lowest BCUT2D eigenvalue weighted by molar-refractivity contribution is -0.125. The van der Waals surface area contributed by atoms with Crippen LogP contribution in [-0.2, 0) is 14.4 Å². The monoisotopic (exact) mass is 336 g/mol. The highest BCUT2D eigenvalue weighted by Crippen LogP contribution is 2.05. The van der Waals surface area contributed by atoms with E-state index in [1.165, 1.54) is 0 Å². The molecule has 23 heavy (non-hydrogen) atoms. The minimum absolute atomic E-state index is 0.00536. The first-order chi connectivity index (χ1) is 10.9. The molecule has 8 heteroatoms. The Morgan fingerprint density at radius 3 is 2.22 bits per heavy atom. The Labute approximate surface area is 140 Å². The lowest BCUT2D eigenvalue weighted by atomic mass is 10.2. The second kappa shape index (κ2) is 9.52. The molecule has 0 bridgehead atoms. The van der Waals surface area contributed by atoms with Gasteiger partial charge < -0.3 is 10.6 Å². The molecule has 0 aliphatic rings. The molecule has 0 saturated carbocycles. The molecule has 0 aromatic heterocycles. The highest BCUT2D eigenvalue weighted by atomic mass is 32.1. The van der Waals surface area contributed by atoms with Crippen LogP contribution in [0.1, 0.15) is 26.7 Å². The van der Waals surface area contributed by atoms with Crippen LogP contribution in [0.25, 0.3) is 0 Å². The highest BCUT2D eigenvalue weighted by molar-refractivity contribution is 7.80. The molecule has 0 saturated heterocycles. The third-order valence-corrected chi connectivity index (χ3v) is 2.92. The third-order valence-electron chi connectivity index (χ3n) is 2.71. The fourth-order valence-electron chi connectivity index (χ4n) is 1.45. The van der Waals surface area contributed by atoms with Crippen LogP contribution < -0.4 is 21.5 Å². The molecule has 0 aliphatic heterocycles. The van der Waals surface area contributed by atoms with Gasteiger partial charge in [0.2, 0.25) is 17.7 Å². The molecule has 7 nitrogen and oxygen atoms in total. The van der Waals surface area contributed by atoms with Crippen LogP contribution in [0.15, 0.2) is 30.3 Å². The lowest BCUT2D eigenvalue weighted by Gasteiger charge is -2.12. The summed E-state index contributed by atoms with van der Waals surface area (Å²) in [5.41, 5.74) is 5.41. The molecule has 1 aromatic rings. The van der Waals surface area contributed by atoms with Crippen molar-refractivity contribution in [3.63, 3.8) is 0 Å². The van der Waals surface area contributed by atoms with Crippen molar-refractivity contribution in [1.82, 2.24) is 16.2 Å². The molecule has 0 aliphatic carbocycles. The van der Waals surface area contributed by atoms with Gasteiger partial charge in [0.1, 0.15) is 0 Å². The number of para-hydroxylation sites is 1. The summed E-state index contributed by atoms with van der Waals surface area (Å²) >= 11 is 4.85. The van der Waals surface area contributed by atoms with Crippen LogP contribution in [0.5, 0.6) is 0 Å². The van der Waals surface area contributed by atoms with Crippen LogP contribution in [0.4, 0.5) is 5.69 Å². The number of benzene rings is 1. The Bertz CT molecular complexity index is 575. The van der Waals surface area contributed by atoms with Gasteiger partial charge >= 0.3 is 0 Å². The minimum Gasteiger partial charge on any atom is -0.326 e. The number of hydrazine groups is 1. The number of hydrogen-bond acceptors (Lipinski definition) is 4. The SMILES string of the molecule is CC(C)C(=O)NC(=S)NNC(=O)CCC(=O)Nc1ccccc1. The van der Waals surface area contributed by atoms with Gasteiger partial charge in [-0.05, 0) is 24.4 Å². The predicted octanol–water partition coefficient (Wildman–Crippen LogP) is 1.08. The first-order valence-electron chi connectivity index (χ1n) is 7.13.